The van der Waals surface area contributed by atoms with E-state index in [1.807, 2.05) is 60.7 Å². The maximum atomic E-state index is 11.8. The van der Waals surface area contributed by atoms with Crippen molar-refractivity contribution >= 4 is 28.8 Å². The van der Waals surface area contributed by atoms with Gasteiger partial charge in [-0.25, -0.2) is 0 Å². The van der Waals surface area contributed by atoms with Gasteiger partial charge in [0.25, 0.3) is 0 Å². The SMILES string of the molecule is O=C(c1ccccc1)c1ccccc1.[H-].[H-].[Mg+2]. The topological polar surface area (TPSA) is 17.1 Å². The number of carbonyl (C=O) groups excluding carboxylic acids is 1. The Morgan fingerprint density at radius 1 is 0.733 bits per heavy atom. The largest absolute Gasteiger partial charge is 2.00 e. The molecule has 0 saturated heterocycles. The van der Waals surface area contributed by atoms with Crippen LogP contribution in [0.3, 0.4) is 0 Å². The summed E-state index contributed by atoms with van der Waals surface area (Å²) < 4.78 is 0. The van der Waals surface area contributed by atoms with E-state index in [1.165, 1.54) is 0 Å². The van der Waals surface area contributed by atoms with Crippen molar-refractivity contribution in [1.82, 2.24) is 0 Å². The molecule has 0 radical (unpaired) electrons. The number of carbonyl (C=O) groups is 1. The Labute approximate surface area is 108 Å². The monoisotopic (exact) mass is 208 g/mol. The summed E-state index contributed by atoms with van der Waals surface area (Å²) in [6.07, 6.45) is 0. The average molecular weight is 209 g/mol. The van der Waals surface area contributed by atoms with Gasteiger partial charge in [0.2, 0.25) is 0 Å². The van der Waals surface area contributed by atoms with Crippen LogP contribution in [0.2, 0.25) is 0 Å². The van der Waals surface area contributed by atoms with Crippen molar-refractivity contribution in [3.63, 3.8) is 0 Å². The van der Waals surface area contributed by atoms with Crippen LogP contribution in [-0.2, 0) is 0 Å². The van der Waals surface area contributed by atoms with Crippen molar-refractivity contribution in [2.75, 3.05) is 0 Å². The van der Waals surface area contributed by atoms with E-state index in [0.29, 0.717) is 0 Å². The molecule has 0 bridgehead atoms. The minimum atomic E-state index is 0. The van der Waals surface area contributed by atoms with Crippen LogP contribution in [0.15, 0.2) is 60.7 Å². The van der Waals surface area contributed by atoms with E-state index >= 15 is 0 Å². The zero-order valence-electron chi connectivity index (χ0n) is 10.4. The Hall–Kier alpha value is -1.12. The predicted molar refractivity (Wildman–Crippen MR) is 64.3 cm³/mol. The fourth-order valence-corrected chi connectivity index (χ4v) is 1.35. The van der Waals surface area contributed by atoms with E-state index in [0.717, 1.165) is 11.1 Å². The number of hydrogen-bond acceptors (Lipinski definition) is 1. The van der Waals surface area contributed by atoms with Crippen molar-refractivity contribution in [1.29, 1.82) is 0 Å². The van der Waals surface area contributed by atoms with E-state index < -0.39 is 0 Å². The van der Waals surface area contributed by atoms with E-state index in [-0.39, 0.29) is 31.7 Å². The molecule has 0 atom stereocenters. The molecule has 0 aliphatic heterocycles. The summed E-state index contributed by atoms with van der Waals surface area (Å²) in [5.74, 6) is 0.0752. The molecule has 0 aromatic heterocycles. The quantitative estimate of drug-likeness (QED) is 0.548. The second-order valence-corrected chi connectivity index (χ2v) is 3.06. The maximum Gasteiger partial charge on any atom is 2.00 e. The third kappa shape index (κ3) is 2.91. The fraction of sp³-hybridized carbons (Fsp3) is 0. The van der Waals surface area contributed by atoms with Crippen LogP contribution in [0.5, 0.6) is 0 Å². The third-order valence-electron chi connectivity index (χ3n) is 2.07. The molecule has 1 nitrogen and oxygen atoms in total. The van der Waals surface area contributed by atoms with Gasteiger partial charge in [0, 0.05) is 11.1 Å². The molecule has 72 valence electrons. The molecular weight excluding hydrogens is 196 g/mol. The second-order valence-electron chi connectivity index (χ2n) is 3.06. The standard InChI is InChI=1S/C13H10O.Mg.2H/c14-13(11-7-3-1-4-8-11)12-9-5-2-6-10-12;;;/h1-10H;;;/q;+2;2*-1. The van der Waals surface area contributed by atoms with Gasteiger partial charge < -0.3 is 2.85 Å². The first-order valence-electron chi connectivity index (χ1n) is 4.53. The van der Waals surface area contributed by atoms with Gasteiger partial charge in [0.15, 0.2) is 5.78 Å². The van der Waals surface area contributed by atoms with E-state index in [9.17, 15) is 4.79 Å². The van der Waals surface area contributed by atoms with Gasteiger partial charge in [-0.1, -0.05) is 60.7 Å². The summed E-state index contributed by atoms with van der Waals surface area (Å²) in [6.45, 7) is 0. The zero-order chi connectivity index (χ0) is 9.80. The van der Waals surface area contributed by atoms with Crippen LogP contribution >= 0.6 is 0 Å². The van der Waals surface area contributed by atoms with Gasteiger partial charge in [-0.05, 0) is 0 Å². The van der Waals surface area contributed by atoms with Crippen LogP contribution in [-0.4, -0.2) is 28.8 Å². The summed E-state index contributed by atoms with van der Waals surface area (Å²) in [6, 6.07) is 18.6. The van der Waals surface area contributed by atoms with Crippen LogP contribution in [0, 0.1) is 0 Å². The molecule has 0 N–H and O–H groups in total. The molecule has 0 aliphatic rings. The molecule has 0 amide bonds. The molecule has 0 saturated carbocycles. The smallest absolute Gasteiger partial charge is 1.00 e. The first-order chi connectivity index (χ1) is 6.88. The number of benzene rings is 2. The van der Waals surface area contributed by atoms with Crippen molar-refractivity contribution in [3.8, 4) is 0 Å². The van der Waals surface area contributed by atoms with Crippen molar-refractivity contribution in [2.24, 2.45) is 0 Å². The van der Waals surface area contributed by atoms with E-state index in [2.05, 4.69) is 0 Å². The second kappa shape index (κ2) is 5.68. The molecule has 0 unspecified atom stereocenters. The summed E-state index contributed by atoms with van der Waals surface area (Å²) in [5, 5.41) is 0. The maximum absolute atomic E-state index is 11.8. The Morgan fingerprint density at radius 2 is 1.07 bits per heavy atom. The minimum absolute atomic E-state index is 0. The molecule has 2 aromatic rings. The Kier molecular flexibility index (Phi) is 4.53. The number of rotatable bonds is 2. The Bertz CT molecular complexity index is 390. The van der Waals surface area contributed by atoms with Crippen molar-refractivity contribution in [2.45, 2.75) is 0 Å². The summed E-state index contributed by atoms with van der Waals surface area (Å²) in [4.78, 5) is 11.8. The van der Waals surface area contributed by atoms with Crippen molar-refractivity contribution < 1.29 is 7.65 Å². The summed E-state index contributed by atoms with van der Waals surface area (Å²) in [7, 11) is 0. The van der Waals surface area contributed by atoms with Gasteiger partial charge in [-0.15, -0.1) is 0 Å². The van der Waals surface area contributed by atoms with Crippen LogP contribution < -0.4 is 0 Å². The summed E-state index contributed by atoms with van der Waals surface area (Å²) >= 11 is 0. The van der Waals surface area contributed by atoms with Crippen LogP contribution in [0.4, 0.5) is 0 Å². The van der Waals surface area contributed by atoms with Gasteiger partial charge in [-0.3, -0.25) is 4.79 Å². The molecule has 2 heteroatoms. The normalized spacial score (nSPS) is 9.07. The molecule has 15 heavy (non-hydrogen) atoms. The fourth-order valence-electron chi connectivity index (χ4n) is 1.35. The predicted octanol–water partition coefficient (Wildman–Crippen LogP) is 2.76. The molecule has 0 aliphatic carbocycles. The minimum Gasteiger partial charge on any atom is -1.00 e. The number of hydrogen-bond donors (Lipinski definition) is 0. The molecule has 0 fully saturated rings. The Balaban J connectivity index is 0. The van der Waals surface area contributed by atoms with Gasteiger partial charge in [0.1, 0.15) is 0 Å². The van der Waals surface area contributed by atoms with E-state index in [1.54, 1.807) is 0 Å². The first kappa shape index (κ1) is 11.9. The van der Waals surface area contributed by atoms with Crippen LogP contribution in [0.25, 0.3) is 0 Å². The third-order valence-corrected chi connectivity index (χ3v) is 2.07. The Morgan fingerprint density at radius 3 is 1.40 bits per heavy atom. The first-order valence-corrected chi connectivity index (χ1v) is 4.53. The molecule has 2 rings (SSSR count). The number of ketones is 1. The summed E-state index contributed by atoms with van der Waals surface area (Å²) in [5.41, 5.74) is 1.47. The molecule has 0 heterocycles. The van der Waals surface area contributed by atoms with E-state index in [4.69, 9.17) is 0 Å². The van der Waals surface area contributed by atoms with Crippen LogP contribution in [0.1, 0.15) is 18.8 Å². The van der Waals surface area contributed by atoms with Gasteiger partial charge in [-0.2, -0.15) is 0 Å². The zero-order valence-corrected chi connectivity index (χ0v) is 9.80. The molecule has 2 aromatic carbocycles. The van der Waals surface area contributed by atoms with Gasteiger partial charge >= 0.3 is 23.1 Å². The van der Waals surface area contributed by atoms with Gasteiger partial charge in [0.05, 0.1) is 0 Å². The molecular formula is C13H12MgO. The van der Waals surface area contributed by atoms with Crippen molar-refractivity contribution in [3.05, 3.63) is 71.8 Å². The molecule has 0 spiro atoms. The average Bonchev–Trinajstić information content (AvgIpc) is 2.30.